The van der Waals surface area contributed by atoms with Crippen molar-refractivity contribution in [2.45, 2.75) is 46.4 Å². The molecule has 0 saturated heterocycles. The predicted octanol–water partition coefficient (Wildman–Crippen LogP) is 4.50. The monoisotopic (exact) mass is 501 g/mol. The Morgan fingerprint density at radius 2 is 1.79 bits per heavy atom. The first kappa shape index (κ1) is 24.0. The van der Waals surface area contributed by atoms with Crippen molar-refractivity contribution < 1.29 is 14.2 Å². The minimum absolute atomic E-state index is 0. The maximum Gasteiger partial charge on any atom is 0.191 e. The van der Waals surface area contributed by atoms with E-state index in [1.165, 1.54) is 12.1 Å². The Kier molecular flexibility index (Phi) is 9.00. The van der Waals surface area contributed by atoms with Crippen molar-refractivity contribution in [2.75, 3.05) is 7.05 Å². The summed E-state index contributed by atoms with van der Waals surface area (Å²) in [4.78, 5) is 4.19. The van der Waals surface area contributed by atoms with Crippen LogP contribution in [-0.2, 0) is 13.1 Å². The van der Waals surface area contributed by atoms with Gasteiger partial charge in [-0.25, -0.2) is 4.39 Å². The fraction of sp³-hybridized carbons (Fsp3) is 0.381. The summed E-state index contributed by atoms with van der Waals surface area (Å²) in [6, 6.07) is 10.4. The second kappa shape index (κ2) is 10.5. The quantitative estimate of drug-likeness (QED) is 0.321. The summed E-state index contributed by atoms with van der Waals surface area (Å²) in [6.45, 7) is 9.01. The lowest BCUT2D eigenvalue weighted by atomic mass is 10.1. The minimum Gasteiger partial charge on any atom is -0.505 e. The predicted molar refractivity (Wildman–Crippen MR) is 122 cm³/mol. The number of aliphatic imine (C=N–C) groups is 1. The molecule has 0 heterocycles. The van der Waals surface area contributed by atoms with Crippen LogP contribution >= 0.6 is 24.0 Å². The average molecular weight is 501 g/mol. The molecule has 154 valence electrons. The summed E-state index contributed by atoms with van der Waals surface area (Å²) < 4.78 is 19.5. The number of aromatic hydroxyl groups is 1. The Hall–Kier alpha value is -2.03. The number of nitrogens with one attached hydrogen (secondary N) is 2. The number of aryl methyl sites for hydroxylation is 1. The summed E-state index contributed by atoms with van der Waals surface area (Å²) in [6.07, 6.45) is 0. The van der Waals surface area contributed by atoms with Crippen LogP contribution in [0.25, 0.3) is 0 Å². The second-order valence-electron chi connectivity index (χ2n) is 7.39. The SMILES string of the molecule is CN=C(NCc1ccc(O)c(F)c1)NCc1ccc(C)cc1OC(C)(C)C.I. The number of ether oxygens (including phenoxy) is 1. The zero-order chi connectivity index (χ0) is 20.0. The third-order valence-electron chi connectivity index (χ3n) is 3.78. The van der Waals surface area contributed by atoms with Crippen LogP contribution in [0.15, 0.2) is 41.4 Å². The molecule has 0 bridgehead atoms. The summed E-state index contributed by atoms with van der Waals surface area (Å²) in [7, 11) is 1.68. The molecule has 0 aliphatic heterocycles. The zero-order valence-electron chi connectivity index (χ0n) is 17.0. The van der Waals surface area contributed by atoms with E-state index in [0.717, 1.165) is 16.9 Å². The van der Waals surface area contributed by atoms with E-state index in [1.54, 1.807) is 13.1 Å². The van der Waals surface area contributed by atoms with Gasteiger partial charge in [0.2, 0.25) is 0 Å². The van der Waals surface area contributed by atoms with Crippen molar-refractivity contribution in [1.82, 2.24) is 10.6 Å². The van der Waals surface area contributed by atoms with Crippen LogP contribution in [0.3, 0.4) is 0 Å². The molecule has 2 aromatic rings. The fourth-order valence-corrected chi connectivity index (χ4v) is 2.48. The molecule has 28 heavy (non-hydrogen) atoms. The average Bonchev–Trinajstić information content (AvgIpc) is 2.58. The van der Waals surface area contributed by atoms with Gasteiger partial charge in [-0.2, -0.15) is 0 Å². The molecule has 0 aliphatic rings. The zero-order valence-corrected chi connectivity index (χ0v) is 19.3. The lowest BCUT2D eigenvalue weighted by Gasteiger charge is -2.24. The van der Waals surface area contributed by atoms with Gasteiger partial charge < -0.3 is 20.5 Å². The molecule has 2 aromatic carbocycles. The van der Waals surface area contributed by atoms with Gasteiger partial charge in [0.05, 0.1) is 0 Å². The maximum atomic E-state index is 13.4. The number of hydrogen-bond donors (Lipinski definition) is 3. The molecule has 0 amide bonds. The number of hydrogen-bond acceptors (Lipinski definition) is 3. The van der Waals surface area contributed by atoms with Gasteiger partial charge in [0.1, 0.15) is 11.4 Å². The normalized spacial score (nSPS) is 11.6. The number of rotatable bonds is 5. The Labute approximate surface area is 183 Å². The number of halogens is 2. The van der Waals surface area contributed by atoms with Crippen LogP contribution in [0.5, 0.6) is 11.5 Å². The molecule has 0 atom stereocenters. The number of benzene rings is 2. The van der Waals surface area contributed by atoms with Crippen molar-refractivity contribution in [3.05, 3.63) is 58.9 Å². The van der Waals surface area contributed by atoms with Gasteiger partial charge in [0, 0.05) is 25.7 Å². The van der Waals surface area contributed by atoms with Crippen molar-refractivity contribution in [3.8, 4) is 11.5 Å². The second-order valence-corrected chi connectivity index (χ2v) is 7.39. The highest BCUT2D eigenvalue weighted by molar-refractivity contribution is 14.0. The summed E-state index contributed by atoms with van der Waals surface area (Å²) in [5, 5.41) is 15.6. The number of phenolic OH excluding ortho intramolecular Hbond substituents is 1. The molecule has 0 fully saturated rings. The first-order valence-corrected chi connectivity index (χ1v) is 8.88. The van der Waals surface area contributed by atoms with E-state index in [9.17, 15) is 9.50 Å². The van der Waals surface area contributed by atoms with Crippen LogP contribution in [0.4, 0.5) is 4.39 Å². The van der Waals surface area contributed by atoms with Gasteiger partial charge in [-0.05, 0) is 57.0 Å². The van der Waals surface area contributed by atoms with Gasteiger partial charge in [-0.1, -0.05) is 18.2 Å². The standard InChI is InChI=1S/C21H28FN3O2.HI/c1-14-6-8-16(19(10-14)27-21(2,3)4)13-25-20(23-5)24-12-15-7-9-18(26)17(22)11-15;/h6-11,26H,12-13H2,1-5H3,(H2,23,24,25);1H. The fourth-order valence-electron chi connectivity index (χ4n) is 2.48. The molecule has 0 saturated carbocycles. The lowest BCUT2D eigenvalue weighted by molar-refractivity contribution is 0.129. The van der Waals surface area contributed by atoms with Crippen LogP contribution < -0.4 is 15.4 Å². The largest absolute Gasteiger partial charge is 0.505 e. The molecule has 0 radical (unpaired) electrons. The van der Waals surface area contributed by atoms with Crippen LogP contribution in [-0.4, -0.2) is 23.7 Å². The number of guanidine groups is 1. The van der Waals surface area contributed by atoms with E-state index in [2.05, 4.69) is 15.6 Å². The van der Waals surface area contributed by atoms with Gasteiger partial charge in [0.15, 0.2) is 17.5 Å². The molecule has 0 spiro atoms. The maximum absolute atomic E-state index is 13.4. The third-order valence-corrected chi connectivity index (χ3v) is 3.78. The van der Waals surface area contributed by atoms with E-state index >= 15 is 0 Å². The molecule has 0 aromatic heterocycles. The van der Waals surface area contributed by atoms with Crippen molar-refractivity contribution in [1.29, 1.82) is 0 Å². The van der Waals surface area contributed by atoms with Gasteiger partial charge in [-0.3, -0.25) is 4.99 Å². The molecule has 0 unspecified atom stereocenters. The molecule has 5 nitrogen and oxygen atoms in total. The van der Waals surface area contributed by atoms with Crippen LogP contribution in [0.2, 0.25) is 0 Å². The van der Waals surface area contributed by atoms with Crippen molar-refractivity contribution >= 4 is 29.9 Å². The van der Waals surface area contributed by atoms with Gasteiger partial charge in [-0.15, -0.1) is 24.0 Å². The molecule has 0 aliphatic carbocycles. The van der Waals surface area contributed by atoms with E-state index in [0.29, 0.717) is 24.6 Å². The summed E-state index contributed by atoms with van der Waals surface area (Å²) in [5.74, 6) is 0.435. The van der Waals surface area contributed by atoms with E-state index < -0.39 is 5.82 Å². The molecule has 3 N–H and O–H groups in total. The molecule has 7 heteroatoms. The number of phenols is 1. The highest BCUT2D eigenvalue weighted by Gasteiger charge is 2.15. The van der Waals surface area contributed by atoms with E-state index in [4.69, 9.17) is 4.74 Å². The summed E-state index contributed by atoms with van der Waals surface area (Å²) >= 11 is 0. The molecule has 2 rings (SSSR count). The first-order chi connectivity index (χ1) is 12.7. The number of nitrogens with zero attached hydrogens (tertiary/aromatic N) is 1. The Balaban J connectivity index is 0.00000392. The third kappa shape index (κ3) is 7.53. The minimum atomic E-state index is -0.638. The highest BCUT2D eigenvalue weighted by Crippen LogP contribution is 2.24. The van der Waals surface area contributed by atoms with Crippen LogP contribution in [0, 0.1) is 12.7 Å². The highest BCUT2D eigenvalue weighted by atomic mass is 127. The Morgan fingerprint density at radius 3 is 2.39 bits per heavy atom. The van der Waals surface area contributed by atoms with E-state index in [1.807, 2.05) is 45.9 Å². The lowest BCUT2D eigenvalue weighted by Crippen LogP contribution is -2.36. The smallest absolute Gasteiger partial charge is 0.191 e. The Morgan fingerprint density at radius 1 is 1.11 bits per heavy atom. The molecular weight excluding hydrogens is 472 g/mol. The van der Waals surface area contributed by atoms with Crippen LogP contribution in [0.1, 0.15) is 37.5 Å². The van der Waals surface area contributed by atoms with Crippen molar-refractivity contribution in [2.24, 2.45) is 4.99 Å². The topological polar surface area (TPSA) is 65.9 Å². The van der Waals surface area contributed by atoms with Gasteiger partial charge >= 0.3 is 0 Å². The Bertz CT molecular complexity index is 820. The molecular formula is C21H29FIN3O2. The summed E-state index contributed by atoms with van der Waals surface area (Å²) in [5.41, 5.74) is 2.58. The van der Waals surface area contributed by atoms with Crippen molar-refractivity contribution in [3.63, 3.8) is 0 Å². The van der Waals surface area contributed by atoms with Gasteiger partial charge in [0.25, 0.3) is 0 Å². The van der Waals surface area contributed by atoms with E-state index in [-0.39, 0.29) is 35.3 Å². The first-order valence-electron chi connectivity index (χ1n) is 8.88.